The van der Waals surface area contributed by atoms with Gasteiger partial charge in [-0.15, -0.1) is 11.3 Å². The molecule has 0 bridgehead atoms. The van der Waals surface area contributed by atoms with E-state index in [2.05, 4.69) is 0 Å². The summed E-state index contributed by atoms with van der Waals surface area (Å²) in [6.45, 7) is 3.83. The van der Waals surface area contributed by atoms with Crippen molar-refractivity contribution < 1.29 is 9.18 Å². The number of aryl methyl sites for hydroxylation is 2. The zero-order valence-corrected chi connectivity index (χ0v) is 12.5. The van der Waals surface area contributed by atoms with Gasteiger partial charge in [0, 0.05) is 9.90 Å². The van der Waals surface area contributed by atoms with Crippen molar-refractivity contribution in [2.75, 3.05) is 0 Å². The summed E-state index contributed by atoms with van der Waals surface area (Å²) in [6, 6.07) is 7.42. The van der Waals surface area contributed by atoms with E-state index in [1.54, 1.807) is 6.07 Å². The average Bonchev–Trinajstić information content (AvgIpc) is 2.73. The Morgan fingerprint density at radius 2 is 2.10 bits per heavy atom. The normalized spacial score (nSPS) is 11.9. The maximum Gasteiger partial charge on any atom is 0.194 e. The monoisotopic (exact) mass is 307 g/mol. The molecule has 0 aliphatic carbocycles. The molecule has 2 rings (SSSR count). The first-order valence-corrected chi connectivity index (χ1v) is 7.09. The predicted octanol–water partition coefficient (Wildman–Crippen LogP) is 4.65. The molecule has 0 N–H and O–H groups in total. The minimum Gasteiger partial charge on any atom is -0.291 e. The van der Waals surface area contributed by atoms with Gasteiger partial charge in [0.15, 0.2) is 5.78 Å². The molecule has 0 saturated heterocycles. The van der Waals surface area contributed by atoms with Crippen LogP contribution < -0.4 is 0 Å². The van der Waals surface area contributed by atoms with Crippen molar-refractivity contribution in [1.29, 1.82) is 5.26 Å². The number of benzene rings is 1. The Bertz CT molecular complexity index is 698. The van der Waals surface area contributed by atoms with Crippen LogP contribution in [0.15, 0.2) is 24.3 Å². The van der Waals surface area contributed by atoms with Gasteiger partial charge in [-0.1, -0.05) is 17.7 Å². The summed E-state index contributed by atoms with van der Waals surface area (Å²) in [6.07, 6.45) is 0. The number of ketones is 1. The van der Waals surface area contributed by atoms with Gasteiger partial charge in [-0.3, -0.25) is 4.79 Å². The topological polar surface area (TPSA) is 40.9 Å². The third kappa shape index (κ3) is 2.74. The lowest BCUT2D eigenvalue weighted by Gasteiger charge is -2.09. The fraction of sp³-hybridized carbons (Fsp3) is 0.200. The van der Waals surface area contributed by atoms with E-state index in [-0.39, 0.29) is 10.8 Å². The molecule has 1 aromatic heterocycles. The number of carbonyl (C=O) groups is 1. The first kappa shape index (κ1) is 14.7. The van der Waals surface area contributed by atoms with Crippen LogP contribution in [0.2, 0.25) is 5.02 Å². The molecule has 2 aromatic rings. The highest BCUT2D eigenvalue weighted by Gasteiger charge is 2.25. The summed E-state index contributed by atoms with van der Waals surface area (Å²) in [5.74, 6) is -1.81. The molecule has 0 aliphatic heterocycles. The van der Waals surface area contributed by atoms with Crippen LogP contribution in [0.1, 0.15) is 31.6 Å². The van der Waals surface area contributed by atoms with Crippen LogP contribution in [0.25, 0.3) is 0 Å². The van der Waals surface area contributed by atoms with Crippen molar-refractivity contribution >= 4 is 28.7 Å². The van der Waals surface area contributed by atoms with Crippen LogP contribution in [0.3, 0.4) is 0 Å². The van der Waals surface area contributed by atoms with E-state index in [0.717, 1.165) is 16.5 Å². The quantitative estimate of drug-likeness (QED) is 0.775. The Kier molecular flexibility index (Phi) is 4.22. The Balaban J connectivity index is 2.42. The maximum absolute atomic E-state index is 13.0. The number of carbonyl (C=O) groups excluding carboxylic acids is 1. The van der Waals surface area contributed by atoms with Crippen LogP contribution in [0.5, 0.6) is 0 Å². The third-order valence-corrected chi connectivity index (χ3v) is 4.57. The van der Waals surface area contributed by atoms with Crippen molar-refractivity contribution in [3.05, 3.63) is 56.0 Å². The summed E-state index contributed by atoms with van der Waals surface area (Å²) in [4.78, 5) is 14.0. The number of Topliss-reactive ketones (excluding diaryl/α,β-unsaturated/α-hetero) is 1. The number of hydrogen-bond donors (Lipinski definition) is 0. The molecule has 0 fully saturated rings. The minimum absolute atomic E-state index is 0.0925. The van der Waals surface area contributed by atoms with E-state index in [1.807, 2.05) is 19.9 Å². The molecular formula is C15H11ClFNOS. The fourth-order valence-corrected chi connectivity index (χ4v) is 3.12. The zero-order chi connectivity index (χ0) is 14.9. The van der Waals surface area contributed by atoms with Gasteiger partial charge in [0.1, 0.15) is 11.7 Å². The Hall–Kier alpha value is -1.70. The Morgan fingerprint density at radius 1 is 1.40 bits per heavy atom. The summed E-state index contributed by atoms with van der Waals surface area (Å²) in [7, 11) is 0. The molecule has 0 radical (unpaired) electrons. The molecule has 1 aromatic carbocycles. The molecule has 0 spiro atoms. The number of halogens is 2. The standard InChI is InChI=1S/C15H11ClFNOS/c1-8-5-14(20-9(8)2)15(19)12(7-18)11-4-3-10(17)6-13(11)16/h3-6,12H,1-2H3. The predicted molar refractivity (Wildman–Crippen MR) is 77.9 cm³/mol. The van der Waals surface area contributed by atoms with Crippen LogP contribution in [-0.4, -0.2) is 5.78 Å². The first-order chi connectivity index (χ1) is 9.43. The highest BCUT2D eigenvalue weighted by Crippen LogP contribution is 2.31. The smallest absolute Gasteiger partial charge is 0.194 e. The molecule has 1 heterocycles. The van der Waals surface area contributed by atoms with E-state index in [9.17, 15) is 14.4 Å². The molecule has 20 heavy (non-hydrogen) atoms. The minimum atomic E-state index is -1.01. The lowest BCUT2D eigenvalue weighted by Crippen LogP contribution is -2.10. The second-order valence-corrected chi connectivity index (χ2v) is 6.11. The number of thiophene rings is 1. The van der Waals surface area contributed by atoms with E-state index in [1.165, 1.54) is 23.5 Å². The van der Waals surface area contributed by atoms with Gasteiger partial charge in [0.2, 0.25) is 0 Å². The van der Waals surface area contributed by atoms with Gasteiger partial charge in [0.25, 0.3) is 0 Å². The van der Waals surface area contributed by atoms with E-state index >= 15 is 0 Å². The molecular weight excluding hydrogens is 297 g/mol. The van der Waals surface area contributed by atoms with E-state index < -0.39 is 11.7 Å². The highest BCUT2D eigenvalue weighted by atomic mass is 35.5. The SMILES string of the molecule is Cc1cc(C(=O)C(C#N)c2ccc(F)cc2Cl)sc1C. The van der Waals surface area contributed by atoms with Crippen LogP contribution >= 0.6 is 22.9 Å². The van der Waals surface area contributed by atoms with E-state index in [0.29, 0.717) is 10.4 Å². The number of nitrogens with zero attached hydrogens (tertiary/aromatic N) is 1. The molecule has 102 valence electrons. The highest BCUT2D eigenvalue weighted by molar-refractivity contribution is 7.14. The van der Waals surface area contributed by atoms with Crippen LogP contribution in [-0.2, 0) is 0 Å². The Labute approximate surface area is 125 Å². The summed E-state index contributed by atoms with van der Waals surface area (Å²) < 4.78 is 13.0. The van der Waals surface area contributed by atoms with Crippen molar-refractivity contribution in [2.45, 2.75) is 19.8 Å². The van der Waals surface area contributed by atoms with Crippen molar-refractivity contribution in [3.63, 3.8) is 0 Å². The van der Waals surface area contributed by atoms with Crippen LogP contribution in [0, 0.1) is 31.0 Å². The van der Waals surface area contributed by atoms with Crippen LogP contribution in [0.4, 0.5) is 4.39 Å². The van der Waals surface area contributed by atoms with Gasteiger partial charge < -0.3 is 0 Å². The second-order valence-electron chi connectivity index (χ2n) is 4.44. The van der Waals surface area contributed by atoms with Crippen molar-refractivity contribution in [3.8, 4) is 6.07 Å². The van der Waals surface area contributed by atoms with Gasteiger partial charge in [-0.05, 0) is 43.2 Å². The first-order valence-electron chi connectivity index (χ1n) is 5.90. The lowest BCUT2D eigenvalue weighted by molar-refractivity contribution is 0.0982. The van der Waals surface area contributed by atoms with Gasteiger partial charge >= 0.3 is 0 Å². The number of hydrogen-bond acceptors (Lipinski definition) is 3. The summed E-state index contributed by atoms with van der Waals surface area (Å²) in [5.41, 5.74) is 1.35. The molecule has 1 unspecified atom stereocenters. The zero-order valence-electron chi connectivity index (χ0n) is 10.9. The third-order valence-electron chi connectivity index (χ3n) is 3.07. The fourth-order valence-electron chi connectivity index (χ4n) is 1.84. The lowest BCUT2D eigenvalue weighted by atomic mass is 9.95. The molecule has 5 heteroatoms. The number of nitriles is 1. The molecule has 2 nitrogen and oxygen atoms in total. The van der Waals surface area contributed by atoms with Crippen molar-refractivity contribution in [1.82, 2.24) is 0 Å². The van der Waals surface area contributed by atoms with Gasteiger partial charge in [0.05, 0.1) is 10.9 Å². The largest absolute Gasteiger partial charge is 0.291 e. The Morgan fingerprint density at radius 3 is 2.60 bits per heavy atom. The summed E-state index contributed by atoms with van der Waals surface area (Å²) in [5, 5.41) is 9.35. The second kappa shape index (κ2) is 5.74. The molecule has 1 atom stereocenters. The molecule has 0 saturated carbocycles. The van der Waals surface area contributed by atoms with Gasteiger partial charge in [-0.2, -0.15) is 5.26 Å². The summed E-state index contributed by atoms with van der Waals surface area (Å²) >= 11 is 7.28. The van der Waals surface area contributed by atoms with E-state index in [4.69, 9.17) is 11.6 Å². The van der Waals surface area contributed by atoms with Gasteiger partial charge in [-0.25, -0.2) is 4.39 Å². The van der Waals surface area contributed by atoms with Crippen molar-refractivity contribution in [2.24, 2.45) is 0 Å². The molecule has 0 aliphatic rings. The molecule has 0 amide bonds. The average molecular weight is 308 g/mol. The maximum atomic E-state index is 13.0. The number of rotatable bonds is 3.